The van der Waals surface area contributed by atoms with Gasteiger partial charge in [-0.25, -0.2) is 0 Å². The topological polar surface area (TPSA) is 35.2 Å². The molecule has 0 aliphatic carbocycles. The molecule has 0 saturated heterocycles. The lowest BCUT2D eigenvalue weighted by Crippen LogP contribution is -1.97. The van der Waals surface area contributed by atoms with Crippen molar-refractivity contribution in [3.8, 4) is 5.75 Å². The molecule has 0 unspecified atom stereocenters. The summed E-state index contributed by atoms with van der Waals surface area (Å²) in [5.41, 5.74) is 5.42. The first-order valence-electron chi connectivity index (χ1n) is 8.64. The van der Waals surface area contributed by atoms with E-state index in [1.807, 2.05) is 30.3 Å². The number of benzene rings is 1. The molecule has 0 fully saturated rings. The van der Waals surface area contributed by atoms with Crippen LogP contribution in [0.1, 0.15) is 71.1 Å². The van der Waals surface area contributed by atoms with Gasteiger partial charge in [0.25, 0.3) is 0 Å². The van der Waals surface area contributed by atoms with Crippen molar-refractivity contribution < 1.29 is 4.74 Å². The fraction of sp³-hybridized carbons (Fsp3) is 0.684. The minimum atomic E-state index is 0.872. The minimum Gasteiger partial charge on any atom is -0.497 e. The minimum absolute atomic E-state index is 0.872. The lowest BCUT2D eigenvalue weighted by Gasteiger charge is -2.00. The van der Waals surface area contributed by atoms with Gasteiger partial charge in [-0.2, -0.15) is 0 Å². The molecule has 0 saturated carbocycles. The number of rotatable bonds is 11. The number of ether oxygens (including phenoxy) is 1. The molecular formula is C19H35NO. The monoisotopic (exact) mass is 293 g/mol. The predicted octanol–water partition coefficient (Wildman–Crippen LogP) is 5.56. The summed E-state index contributed by atoms with van der Waals surface area (Å²) in [5.74, 6) is 0.910. The second-order valence-electron chi connectivity index (χ2n) is 5.49. The van der Waals surface area contributed by atoms with Gasteiger partial charge in [0.1, 0.15) is 5.75 Å². The first kappa shape index (κ1) is 20.0. The molecule has 2 nitrogen and oxygen atoms in total. The molecular weight excluding hydrogens is 258 g/mol. The maximum atomic E-state index is 5.42. The lowest BCUT2D eigenvalue weighted by atomic mass is 10.1. The smallest absolute Gasteiger partial charge is 0.118 e. The zero-order valence-corrected chi connectivity index (χ0v) is 14.2. The van der Waals surface area contributed by atoms with Crippen LogP contribution in [0.5, 0.6) is 5.75 Å². The van der Waals surface area contributed by atoms with Crippen LogP contribution in [0.25, 0.3) is 0 Å². The molecule has 0 atom stereocenters. The number of unbranched alkanes of at least 4 members (excludes halogenated alkanes) is 9. The van der Waals surface area contributed by atoms with E-state index in [0.717, 1.165) is 12.3 Å². The summed E-state index contributed by atoms with van der Waals surface area (Å²) < 4.78 is 4.91. The Morgan fingerprint density at radius 2 is 1.24 bits per heavy atom. The number of hydrogen-bond donors (Lipinski definition) is 1. The highest BCUT2D eigenvalue weighted by atomic mass is 16.5. The molecule has 2 N–H and O–H groups in total. The van der Waals surface area contributed by atoms with Crippen molar-refractivity contribution in [2.75, 3.05) is 13.7 Å². The Labute approximate surface area is 132 Å². The van der Waals surface area contributed by atoms with Crippen molar-refractivity contribution in [2.24, 2.45) is 5.73 Å². The van der Waals surface area contributed by atoms with Crippen molar-refractivity contribution in [2.45, 2.75) is 71.1 Å². The average Bonchev–Trinajstić information content (AvgIpc) is 2.55. The van der Waals surface area contributed by atoms with Gasteiger partial charge in [-0.15, -0.1) is 0 Å². The van der Waals surface area contributed by atoms with Gasteiger partial charge in [0, 0.05) is 0 Å². The number of hydrogen-bond acceptors (Lipinski definition) is 2. The maximum absolute atomic E-state index is 5.42. The van der Waals surface area contributed by atoms with Gasteiger partial charge in [-0.3, -0.25) is 0 Å². The normalized spacial score (nSPS) is 9.86. The molecule has 0 aromatic heterocycles. The van der Waals surface area contributed by atoms with E-state index >= 15 is 0 Å². The molecule has 2 heteroatoms. The Kier molecular flexibility index (Phi) is 16.2. The number of methoxy groups -OCH3 is 1. The third-order valence-electron chi connectivity index (χ3n) is 3.54. The summed E-state index contributed by atoms with van der Waals surface area (Å²) in [7, 11) is 1.66. The van der Waals surface area contributed by atoms with Crippen LogP contribution in [0, 0.1) is 0 Å². The summed E-state index contributed by atoms with van der Waals surface area (Å²) in [6, 6.07) is 9.68. The van der Waals surface area contributed by atoms with Crippen LogP contribution in [0.15, 0.2) is 30.3 Å². The molecule has 1 aromatic carbocycles. The highest BCUT2D eigenvalue weighted by Gasteiger charge is 1.91. The molecule has 0 radical (unpaired) electrons. The molecule has 122 valence electrons. The van der Waals surface area contributed by atoms with E-state index in [4.69, 9.17) is 10.5 Å². The van der Waals surface area contributed by atoms with Crippen LogP contribution in [0.2, 0.25) is 0 Å². The van der Waals surface area contributed by atoms with E-state index in [1.54, 1.807) is 7.11 Å². The quantitative estimate of drug-likeness (QED) is 0.542. The van der Waals surface area contributed by atoms with E-state index in [9.17, 15) is 0 Å². The first-order chi connectivity index (χ1) is 10.3. The van der Waals surface area contributed by atoms with Crippen LogP contribution in [-0.4, -0.2) is 13.7 Å². The van der Waals surface area contributed by atoms with Crippen molar-refractivity contribution in [1.29, 1.82) is 0 Å². The molecule has 0 aliphatic heterocycles. The van der Waals surface area contributed by atoms with Gasteiger partial charge < -0.3 is 10.5 Å². The van der Waals surface area contributed by atoms with Crippen LogP contribution >= 0.6 is 0 Å². The van der Waals surface area contributed by atoms with Gasteiger partial charge in [0.2, 0.25) is 0 Å². The Hall–Kier alpha value is -1.02. The molecule has 0 bridgehead atoms. The fourth-order valence-electron chi connectivity index (χ4n) is 2.19. The van der Waals surface area contributed by atoms with Crippen molar-refractivity contribution in [1.82, 2.24) is 0 Å². The summed E-state index contributed by atoms with van der Waals surface area (Å²) in [5, 5.41) is 0. The molecule has 1 aromatic rings. The Morgan fingerprint density at radius 3 is 1.62 bits per heavy atom. The highest BCUT2D eigenvalue weighted by molar-refractivity contribution is 5.20. The van der Waals surface area contributed by atoms with E-state index in [0.29, 0.717) is 0 Å². The maximum Gasteiger partial charge on any atom is 0.118 e. The second kappa shape index (κ2) is 17.0. The van der Waals surface area contributed by atoms with Gasteiger partial charge in [-0.05, 0) is 25.1 Å². The van der Waals surface area contributed by atoms with Gasteiger partial charge in [0.15, 0.2) is 0 Å². The third-order valence-corrected chi connectivity index (χ3v) is 3.54. The fourth-order valence-corrected chi connectivity index (χ4v) is 2.19. The first-order valence-corrected chi connectivity index (χ1v) is 8.64. The molecule has 0 amide bonds. The van der Waals surface area contributed by atoms with Crippen LogP contribution < -0.4 is 10.5 Å². The van der Waals surface area contributed by atoms with E-state index in [1.165, 1.54) is 64.2 Å². The number of nitrogens with two attached hydrogens (primary N) is 1. The zero-order valence-electron chi connectivity index (χ0n) is 14.2. The predicted molar refractivity (Wildman–Crippen MR) is 93.9 cm³/mol. The summed E-state index contributed by atoms with van der Waals surface area (Å²) in [4.78, 5) is 0. The molecule has 21 heavy (non-hydrogen) atoms. The van der Waals surface area contributed by atoms with Gasteiger partial charge in [-0.1, -0.05) is 82.9 Å². The largest absolute Gasteiger partial charge is 0.497 e. The molecule has 0 aliphatic rings. The third kappa shape index (κ3) is 15.2. The lowest BCUT2D eigenvalue weighted by molar-refractivity contribution is 0.415. The molecule has 1 rings (SSSR count). The SMILES string of the molecule is CCCCCCCCCCCCN.COc1ccccc1. The van der Waals surface area contributed by atoms with Crippen molar-refractivity contribution >= 4 is 0 Å². The standard InChI is InChI=1S/C12H27N.C7H8O/c1-2-3-4-5-6-7-8-9-10-11-12-13;1-8-7-5-3-2-4-6-7/h2-13H2,1H3;2-6H,1H3. The summed E-state index contributed by atoms with van der Waals surface area (Å²) in [6.45, 7) is 3.14. The Morgan fingerprint density at radius 1 is 0.762 bits per heavy atom. The highest BCUT2D eigenvalue weighted by Crippen LogP contribution is 2.10. The van der Waals surface area contributed by atoms with E-state index < -0.39 is 0 Å². The summed E-state index contributed by atoms with van der Waals surface area (Å²) in [6.07, 6.45) is 13.9. The van der Waals surface area contributed by atoms with Crippen molar-refractivity contribution in [3.63, 3.8) is 0 Å². The van der Waals surface area contributed by atoms with Gasteiger partial charge >= 0.3 is 0 Å². The van der Waals surface area contributed by atoms with Crippen LogP contribution in [-0.2, 0) is 0 Å². The Balaban J connectivity index is 0.000000423. The Bertz CT molecular complexity index is 277. The average molecular weight is 293 g/mol. The number of para-hydroxylation sites is 1. The van der Waals surface area contributed by atoms with Gasteiger partial charge in [0.05, 0.1) is 7.11 Å². The second-order valence-corrected chi connectivity index (χ2v) is 5.49. The van der Waals surface area contributed by atoms with Crippen molar-refractivity contribution in [3.05, 3.63) is 30.3 Å². The van der Waals surface area contributed by atoms with Crippen LogP contribution in [0.4, 0.5) is 0 Å². The van der Waals surface area contributed by atoms with Crippen LogP contribution in [0.3, 0.4) is 0 Å². The summed E-state index contributed by atoms with van der Waals surface area (Å²) >= 11 is 0. The van der Waals surface area contributed by atoms with E-state index in [-0.39, 0.29) is 0 Å². The molecule has 0 spiro atoms. The van der Waals surface area contributed by atoms with E-state index in [2.05, 4.69) is 6.92 Å². The zero-order chi connectivity index (χ0) is 15.6. The molecule has 0 heterocycles.